The fourth-order valence-corrected chi connectivity index (χ4v) is 3.56. The third-order valence-electron chi connectivity index (χ3n) is 4.30. The number of phenolic OH excluding ortho intramolecular Hbond substituents is 1. The Kier molecular flexibility index (Phi) is 2.67. The number of nitrogens with zero attached hydrogens (tertiary/aromatic N) is 1. The van der Waals surface area contributed by atoms with Gasteiger partial charge in [-0.3, -0.25) is 4.90 Å². The zero-order valence-corrected chi connectivity index (χ0v) is 10.1. The molecule has 2 atom stereocenters. The largest absolute Gasteiger partial charge is 0.508 e. The number of aromatic hydroxyl groups is 1. The summed E-state index contributed by atoms with van der Waals surface area (Å²) in [5.74, 6) is 1.11. The van der Waals surface area contributed by atoms with E-state index < -0.39 is 0 Å². The lowest BCUT2D eigenvalue weighted by atomic mass is 9.79. The highest BCUT2D eigenvalue weighted by molar-refractivity contribution is 5.44. The van der Waals surface area contributed by atoms with E-state index in [0.717, 1.165) is 19.5 Å². The second-order valence-corrected chi connectivity index (χ2v) is 5.13. The molecule has 0 aromatic heterocycles. The number of likely N-dealkylation sites (tertiary alicyclic amines) is 1. The molecule has 0 bridgehead atoms. The fourth-order valence-electron chi connectivity index (χ4n) is 3.56. The lowest BCUT2D eigenvalue weighted by Gasteiger charge is -2.33. The number of fused-ring (bicyclic) bond motifs is 3. The van der Waals surface area contributed by atoms with Crippen LogP contribution in [-0.4, -0.2) is 29.1 Å². The predicted octanol–water partition coefficient (Wildman–Crippen LogP) is 2.68. The van der Waals surface area contributed by atoms with Crippen LogP contribution in [0.15, 0.2) is 30.9 Å². The van der Waals surface area contributed by atoms with Crippen molar-refractivity contribution < 1.29 is 5.11 Å². The molecular weight excluding hydrogens is 210 g/mol. The van der Waals surface area contributed by atoms with Gasteiger partial charge in [-0.2, -0.15) is 0 Å². The van der Waals surface area contributed by atoms with Crippen molar-refractivity contribution in [3.05, 3.63) is 42.0 Å². The molecule has 3 rings (SSSR count). The first-order chi connectivity index (χ1) is 8.31. The molecule has 90 valence electrons. The smallest absolute Gasteiger partial charge is 0.119 e. The van der Waals surface area contributed by atoms with Crippen molar-refractivity contribution in [1.82, 2.24) is 4.90 Å². The summed E-state index contributed by atoms with van der Waals surface area (Å²) in [5.41, 5.74) is 2.57. The zero-order chi connectivity index (χ0) is 11.8. The van der Waals surface area contributed by atoms with E-state index in [9.17, 15) is 5.11 Å². The molecule has 0 radical (unpaired) electrons. The highest BCUT2D eigenvalue weighted by Gasteiger charge is 2.38. The molecular formula is C15H19NO. The van der Waals surface area contributed by atoms with Crippen molar-refractivity contribution in [3.8, 4) is 5.75 Å². The molecule has 2 nitrogen and oxygen atoms in total. The molecule has 1 aromatic rings. The Hall–Kier alpha value is -1.28. The van der Waals surface area contributed by atoms with E-state index in [1.54, 1.807) is 0 Å². The number of benzene rings is 1. The Morgan fingerprint density at radius 1 is 1.41 bits per heavy atom. The van der Waals surface area contributed by atoms with Crippen LogP contribution in [0.4, 0.5) is 0 Å². The average Bonchev–Trinajstić information content (AvgIpc) is 2.74. The molecule has 0 amide bonds. The standard InChI is InChI=1S/C15H19NO/c1-2-9-16-10-8-12-11-4-3-5-15(17)13(11)6-7-14(12)16/h2-5,12,14,17H,1,6-10H2/t12?,14-/m1/s1. The molecule has 1 saturated heterocycles. The summed E-state index contributed by atoms with van der Waals surface area (Å²) in [6.45, 7) is 6.00. The summed E-state index contributed by atoms with van der Waals surface area (Å²) < 4.78 is 0. The average molecular weight is 229 g/mol. The van der Waals surface area contributed by atoms with Gasteiger partial charge in [-0.1, -0.05) is 18.2 Å². The van der Waals surface area contributed by atoms with E-state index >= 15 is 0 Å². The van der Waals surface area contributed by atoms with Gasteiger partial charge in [0.15, 0.2) is 0 Å². The van der Waals surface area contributed by atoms with Crippen LogP contribution in [0.5, 0.6) is 5.75 Å². The lowest BCUT2D eigenvalue weighted by Crippen LogP contribution is -2.35. The maximum atomic E-state index is 9.92. The summed E-state index contributed by atoms with van der Waals surface area (Å²) in [6.07, 6.45) is 5.40. The van der Waals surface area contributed by atoms with Gasteiger partial charge in [0.2, 0.25) is 0 Å². The maximum Gasteiger partial charge on any atom is 0.119 e. The van der Waals surface area contributed by atoms with Crippen molar-refractivity contribution in [2.24, 2.45) is 0 Å². The van der Waals surface area contributed by atoms with Crippen LogP contribution in [0.3, 0.4) is 0 Å². The van der Waals surface area contributed by atoms with Crippen LogP contribution in [0.25, 0.3) is 0 Å². The van der Waals surface area contributed by atoms with Gasteiger partial charge >= 0.3 is 0 Å². The van der Waals surface area contributed by atoms with Crippen molar-refractivity contribution in [2.45, 2.75) is 31.2 Å². The van der Waals surface area contributed by atoms with Crippen molar-refractivity contribution in [3.63, 3.8) is 0 Å². The summed E-state index contributed by atoms with van der Waals surface area (Å²) in [7, 11) is 0. The molecule has 2 heteroatoms. The second kappa shape index (κ2) is 4.19. The summed E-state index contributed by atoms with van der Waals surface area (Å²) >= 11 is 0. The van der Waals surface area contributed by atoms with E-state index in [0.29, 0.717) is 17.7 Å². The molecule has 1 aromatic carbocycles. The molecule has 2 aliphatic rings. The molecule has 1 unspecified atom stereocenters. The Bertz CT molecular complexity index is 441. The highest BCUT2D eigenvalue weighted by Crippen LogP contribution is 2.43. The number of hydrogen-bond donors (Lipinski definition) is 1. The van der Waals surface area contributed by atoms with Gasteiger partial charge in [-0.15, -0.1) is 6.58 Å². The monoisotopic (exact) mass is 229 g/mol. The minimum atomic E-state index is 0.489. The van der Waals surface area contributed by atoms with Crippen LogP contribution in [0, 0.1) is 0 Å². The Morgan fingerprint density at radius 3 is 3.12 bits per heavy atom. The van der Waals surface area contributed by atoms with Crippen LogP contribution in [0.1, 0.15) is 29.9 Å². The molecule has 0 spiro atoms. The van der Waals surface area contributed by atoms with Crippen LogP contribution in [0.2, 0.25) is 0 Å². The van der Waals surface area contributed by atoms with Gasteiger partial charge in [0.1, 0.15) is 5.75 Å². The first kappa shape index (κ1) is 10.8. The fraction of sp³-hybridized carbons (Fsp3) is 0.467. The van der Waals surface area contributed by atoms with Crippen molar-refractivity contribution >= 4 is 0 Å². The first-order valence-corrected chi connectivity index (χ1v) is 6.47. The second-order valence-electron chi connectivity index (χ2n) is 5.13. The van der Waals surface area contributed by atoms with Crippen LogP contribution < -0.4 is 0 Å². The minimum Gasteiger partial charge on any atom is -0.508 e. The maximum absolute atomic E-state index is 9.92. The summed E-state index contributed by atoms with van der Waals surface area (Å²) in [4.78, 5) is 2.53. The van der Waals surface area contributed by atoms with Gasteiger partial charge in [-0.25, -0.2) is 0 Å². The third kappa shape index (κ3) is 1.67. The minimum absolute atomic E-state index is 0.489. The van der Waals surface area contributed by atoms with Gasteiger partial charge in [-0.05, 0) is 43.0 Å². The molecule has 1 aliphatic carbocycles. The van der Waals surface area contributed by atoms with E-state index in [2.05, 4.69) is 17.5 Å². The van der Waals surface area contributed by atoms with E-state index in [1.165, 1.54) is 24.0 Å². The first-order valence-electron chi connectivity index (χ1n) is 6.47. The highest BCUT2D eigenvalue weighted by atomic mass is 16.3. The van der Waals surface area contributed by atoms with Crippen molar-refractivity contribution in [1.29, 1.82) is 0 Å². The summed E-state index contributed by atoms with van der Waals surface area (Å²) in [6, 6.07) is 6.65. The van der Waals surface area contributed by atoms with E-state index in [-0.39, 0.29) is 0 Å². The Balaban J connectivity index is 1.94. The summed E-state index contributed by atoms with van der Waals surface area (Å²) in [5, 5.41) is 9.92. The quantitative estimate of drug-likeness (QED) is 0.788. The normalized spacial score (nSPS) is 27.5. The SMILES string of the molecule is C=CCN1CCC2c3cccc(O)c3CC[C@H]21. The van der Waals surface area contributed by atoms with Crippen LogP contribution >= 0.6 is 0 Å². The van der Waals surface area contributed by atoms with Gasteiger partial charge in [0, 0.05) is 18.5 Å². The number of rotatable bonds is 2. The van der Waals surface area contributed by atoms with Crippen molar-refractivity contribution in [2.75, 3.05) is 13.1 Å². The number of phenols is 1. The topological polar surface area (TPSA) is 23.5 Å². The third-order valence-corrected chi connectivity index (χ3v) is 4.30. The lowest BCUT2D eigenvalue weighted by molar-refractivity contribution is 0.248. The Morgan fingerprint density at radius 2 is 2.29 bits per heavy atom. The van der Waals surface area contributed by atoms with E-state index in [4.69, 9.17) is 0 Å². The van der Waals surface area contributed by atoms with Crippen LogP contribution in [-0.2, 0) is 6.42 Å². The van der Waals surface area contributed by atoms with Gasteiger partial charge in [0.05, 0.1) is 0 Å². The molecule has 1 fully saturated rings. The van der Waals surface area contributed by atoms with E-state index in [1.807, 2.05) is 18.2 Å². The molecule has 1 N–H and O–H groups in total. The molecule has 17 heavy (non-hydrogen) atoms. The zero-order valence-electron chi connectivity index (χ0n) is 10.1. The van der Waals surface area contributed by atoms with Gasteiger partial charge < -0.3 is 5.11 Å². The molecule has 0 saturated carbocycles. The molecule has 1 heterocycles. The number of hydrogen-bond acceptors (Lipinski definition) is 2. The molecule has 1 aliphatic heterocycles. The van der Waals surface area contributed by atoms with Gasteiger partial charge in [0.25, 0.3) is 0 Å². The predicted molar refractivity (Wildman–Crippen MR) is 69.3 cm³/mol. The Labute approximate surface area is 103 Å².